The molecular weight excluding hydrogens is 267 g/mol. The zero-order valence-electron chi connectivity index (χ0n) is 13.5. The van der Waals surface area contributed by atoms with Gasteiger partial charge in [0.25, 0.3) is 11.4 Å². The highest BCUT2D eigenvalue weighted by atomic mass is 16.2. The highest BCUT2D eigenvalue weighted by Crippen LogP contribution is 2.10. The van der Waals surface area contributed by atoms with Crippen LogP contribution in [0, 0.1) is 0 Å². The molecule has 21 heavy (non-hydrogen) atoms. The highest BCUT2D eigenvalue weighted by Gasteiger charge is 2.16. The molecule has 2 radical (unpaired) electrons. The van der Waals surface area contributed by atoms with Crippen molar-refractivity contribution < 1.29 is 0 Å². The van der Waals surface area contributed by atoms with Gasteiger partial charge in [-0.05, 0) is 53.9 Å². The van der Waals surface area contributed by atoms with Gasteiger partial charge in [-0.2, -0.15) is 0 Å². The quantitative estimate of drug-likeness (QED) is 0.776. The van der Waals surface area contributed by atoms with Crippen LogP contribution in [0.3, 0.4) is 0 Å². The van der Waals surface area contributed by atoms with Crippen LogP contribution in [0.5, 0.6) is 0 Å². The van der Waals surface area contributed by atoms with E-state index in [9.17, 15) is 9.59 Å². The summed E-state index contributed by atoms with van der Waals surface area (Å²) >= 11 is 0. The van der Waals surface area contributed by atoms with Crippen LogP contribution in [0.4, 0.5) is 0 Å². The molecule has 0 saturated heterocycles. The lowest BCUT2D eigenvalue weighted by atomic mass is 10.1. The lowest BCUT2D eigenvalue weighted by Crippen LogP contribution is -2.41. The summed E-state index contributed by atoms with van der Waals surface area (Å²) in [5, 5.41) is 0. The number of hydrogen-bond acceptors (Lipinski definition) is 2. The van der Waals surface area contributed by atoms with Crippen molar-refractivity contribution in [3.05, 3.63) is 45.8 Å². The fraction of sp³-hybridized carbons (Fsp3) is 0.571. The lowest BCUT2D eigenvalue weighted by molar-refractivity contribution is 0.383. The third-order valence-corrected chi connectivity index (χ3v) is 3.30. The molecule has 0 unspecified atom stereocenters. The molecule has 0 saturated carbocycles. The summed E-state index contributed by atoms with van der Waals surface area (Å²) in [6.45, 7) is 11.8. The van der Waals surface area contributed by atoms with Gasteiger partial charge in [-0.15, -0.1) is 0 Å². The van der Waals surface area contributed by atoms with Crippen molar-refractivity contribution in [2.75, 3.05) is 0 Å². The van der Waals surface area contributed by atoms with Crippen LogP contribution in [0.25, 0.3) is 0 Å². The molecule has 2 aromatic rings. The Morgan fingerprint density at radius 1 is 0.714 bits per heavy atom. The Morgan fingerprint density at radius 2 is 1.05 bits per heavy atom. The van der Waals surface area contributed by atoms with Gasteiger partial charge in [0, 0.05) is 23.5 Å². The van der Waals surface area contributed by atoms with E-state index >= 15 is 0 Å². The Labute approximate surface area is 124 Å². The van der Waals surface area contributed by atoms with E-state index in [0.717, 1.165) is 0 Å². The Bertz CT molecular complexity index is 685. The van der Waals surface area contributed by atoms with E-state index in [0.29, 0.717) is 0 Å². The van der Waals surface area contributed by atoms with Crippen LogP contribution in [-0.2, 0) is 11.1 Å². The van der Waals surface area contributed by atoms with Crippen molar-refractivity contribution >= 4 is 7.55 Å². The van der Waals surface area contributed by atoms with Gasteiger partial charge in [0.15, 0.2) is 0 Å². The molecule has 0 N–H and O–H groups in total. The van der Waals surface area contributed by atoms with Crippen LogP contribution >= 0.6 is 0 Å². The first-order valence-corrected chi connectivity index (χ1v) is 6.97. The molecule has 0 atom stereocenters. The van der Waals surface area contributed by atoms with Crippen molar-refractivity contribution in [2.24, 2.45) is 0 Å². The molecular formula is C14H22BN4O2-. The van der Waals surface area contributed by atoms with Crippen LogP contribution in [0.2, 0.25) is 0 Å². The van der Waals surface area contributed by atoms with Gasteiger partial charge >= 0.3 is 0 Å². The van der Waals surface area contributed by atoms with Gasteiger partial charge < -0.3 is 8.96 Å². The van der Waals surface area contributed by atoms with Crippen molar-refractivity contribution in [3.63, 3.8) is 0 Å². The van der Waals surface area contributed by atoms with Gasteiger partial charge in [0.05, 0.1) is 0 Å². The second-order valence-corrected chi connectivity index (χ2v) is 7.17. The molecule has 0 aliphatic carbocycles. The first-order chi connectivity index (χ1) is 9.51. The zero-order chi connectivity index (χ0) is 16.0. The number of imidazole rings is 2. The minimum Gasteiger partial charge on any atom is -0.517 e. The molecule has 0 spiro atoms. The Balaban J connectivity index is 2.37. The van der Waals surface area contributed by atoms with E-state index < -0.39 is 0 Å². The summed E-state index contributed by atoms with van der Waals surface area (Å²) in [6, 6.07) is 0. The maximum atomic E-state index is 12.3. The van der Waals surface area contributed by atoms with Crippen molar-refractivity contribution in [1.29, 1.82) is 0 Å². The summed E-state index contributed by atoms with van der Waals surface area (Å²) < 4.78 is 6.10. The van der Waals surface area contributed by atoms with Crippen LogP contribution in [0.15, 0.2) is 34.4 Å². The maximum absolute atomic E-state index is 12.3. The van der Waals surface area contributed by atoms with E-state index in [1.807, 2.05) is 41.5 Å². The second-order valence-electron chi connectivity index (χ2n) is 7.17. The highest BCUT2D eigenvalue weighted by molar-refractivity contribution is 6.31. The Morgan fingerprint density at radius 3 is 1.29 bits per heavy atom. The van der Waals surface area contributed by atoms with Crippen molar-refractivity contribution in [3.8, 4) is 0 Å². The molecule has 2 aromatic heterocycles. The summed E-state index contributed by atoms with van der Waals surface area (Å²) in [4.78, 5) is 24.6. The van der Waals surface area contributed by atoms with E-state index in [-0.39, 0.29) is 22.5 Å². The molecule has 0 aliphatic rings. The third kappa shape index (κ3) is 2.91. The van der Waals surface area contributed by atoms with E-state index in [2.05, 4.69) is 0 Å². The summed E-state index contributed by atoms with van der Waals surface area (Å²) in [5.41, 5.74) is -0.924. The Kier molecular flexibility index (Phi) is 3.55. The average Bonchev–Trinajstić information content (AvgIpc) is 2.83. The molecule has 2 heterocycles. The van der Waals surface area contributed by atoms with Crippen molar-refractivity contribution in [1.82, 2.24) is 18.1 Å². The third-order valence-electron chi connectivity index (χ3n) is 3.30. The molecule has 114 valence electrons. The van der Waals surface area contributed by atoms with E-state index in [4.69, 9.17) is 0 Å². The van der Waals surface area contributed by atoms with E-state index in [1.54, 1.807) is 33.9 Å². The SMILES string of the molecule is CC(C)(C)n1ccn([B-]n2ccn(C(C)(C)C)c2=O)c1=O. The van der Waals surface area contributed by atoms with Crippen LogP contribution < -0.4 is 11.4 Å². The van der Waals surface area contributed by atoms with Gasteiger partial charge in [-0.25, -0.2) is 0 Å². The van der Waals surface area contributed by atoms with Gasteiger partial charge in [-0.3, -0.25) is 18.7 Å². The number of nitrogens with zero attached hydrogens (tertiary/aromatic N) is 4. The van der Waals surface area contributed by atoms with Gasteiger partial charge in [-0.1, -0.05) is 7.55 Å². The second kappa shape index (κ2) is 4.82. The minimum absolute atomic E-state index is 0.169. The standard InChI is InChI=1S/C14H22BN4O2/c1-13(2,3)16-7-9-18(11(16)20)15-19-10-8-17(12(19)21)14(4,5)6/h7-10H,1-6H3/q-1. The van der Waals surface area contributed by atoms with E-state index in [1.165, 1.54) is 16.5 Å². The first-order valence-electron chi connectivity index (χ1n) is 6.97. The number of aromatic nitrogens is 4. The maximum Gasteiger partial charge on any atom is 0.284 e. The molecule has 0 bridgehead atoms. The molecule has 6 nitrogen and oxygen atoms in total. The van der Waals surface area contributed by atoms with Gasteiger partial charge in [0.1, 0.15) is 0 Å². The normalized spacial score (nSPS) is 12.9. The fourth-order valence-corrected chi connectivity index (χ4v) is 2.11. The van der Waals surface area contributed by atoms with Crippen molar-refractivity contribution in [2.45, 2.75) is 52.6 Å². The predicted molar refractivity (Wildman–Crippen MR) is 83.9 cm³/mol. The summed E-state index contributed by atoms with van der Waals surface area (Å²) in [6.07, 6.45) is 6.78. The minimum atomic E-state index is -0.293. The van der Waals surface area contributed by atoms with Gasteiger partial charge in [0.2, 0.25) is 0 Å². The summed E-state index contributed by atoms with van der Waals surface area (Å²) in [5.74, 6) is 0. The van der Waals surface area contributed by atoms with Crippen LogP contribution in [-0.4, -0.2) is 25.6 Å². The predicted octanol–water partition coefficient (Wildman–Crippen LogP) is 1.05. The number of hydrogen-bond donors (Lipinski definition) is 0. The number of rotatable bonds is 2. The molecule has 0 fully saturated rings. The molecule has 0 amide bonds. The zero-order valence-corrected chi connectivity index (χ0v) is 13.5. The molecule has 7 heteroatoms. The largest absolute Gasteiger partial charge is 0.517 e. The molecule has 0 aromatic carbocycles. The summed E-state index contributed by atoms with van der Waals surface area (Å²) in [7, 11) is 1.51. The lowest BCUT2D eigenvalue weighted by Gasteiger charge is -2.23. The van der Waals surface area contributed by atoms with Crippen LogP contribution in [0.1, 0.15) is 41.5 Å². The fourth-order valence-electron chi connectivity index (χ4n) is 2.11. The average molecular weight is 289 g/mol. The Hall–Kier alpha value is -1.92. The topological polar surface area (TPSA) is 53.9 Å². The molecule has 2 rings (SSSR count). The molecule has 0 aliphatic heterocycles. The smallest absolute Gasteiger partial charge is 0.284 e. The first kappa shape index (κ1) is 15.5. The monoisotopic (exact) mass is 289 g/mol.